The second-order valence-electron chi connectivity index (χ2n) is 6.99. The van der Waals surface area contributed by atoms with Crippen molar-refractivity contribution in [3.05, 3.63) is 35.3 Å². The number of carbonyl (C=O) groups is 1. The van der Waals surface area contributed by atoms with Crippen LogP contribution >= 0.6 is 0 Å². The minimum absolute atomic E-state index is 0.0135. The Labute approximate surface area is 162 Å². The Morgan fingerprint density at radius 2 is 1.89 bits per heavy atom. The van der Waals surface area contributed by atoms with Gasteiger partial charge in [-0.2, -0.15) is 5.10 Å². The van der Waals surface area contributed by atoms with E-state index in [9.17, 15) is 4.79 Å². The van der Waals surface area contributed by atoms with Crippen LogP contribution in [0.15, 0.2) is 18.2 Å². The Balaban J connectivity index is 1.97. The molecule has 4 rings (SSSR count). The summed E-state index contributed by atoms with van der Waals surface area (Å²) in [4.78, 5) is 12.4. The predicted octanol–water partition coefficient (Wildman–Crippen LogP) is 2.72. The molecule has 8 nitrogen and oxygen atoms in total. The summed E-state index contributed by atoms with van der Waals surface area (Å²) in [5.74, 6) is 1.50. The number of rotatable bonds is 5. The average molecular weight is 382 g/mol. The van der Waals surface area contributed by atoms with Gasteiger partial charge in [-0.15, -0.1) is 10.2 Å². The molecule has 0 N–H and O–H groups in total. The van der Waals surface area contributed by atoms with Gasteiger partial charge in [0.25, 0.3) is 0 Å². The van der Waals surface area contributed by atoms with Crippen LogP contribution in [0.3, 0.4) is 0 Å². The number of hydrogen-bond acceptors (Lipinski definition) is 7. The van der Waals surface area contributed by atoms with E-state index in [0.29, 0.717) is 35.9 Å². The first-order valence-corrected chi connectivity index (χ1v) is 9.09. The second-order valence-corrected chi connectivity index (χ2v) is 6.99. The van der Waals surface area contributed by atoms with E-state index in [-0.39, 0.29) is 11.7 Å². The number of aromatic nitrogens is 4. The standard InChI is InChI=1S/C20H22N4O4/c1-11-7-14-19(15(25)8-11)21-22-20-18(13(10-26-2)23-24(14)20)12-5-6-16(27-3)17(9-12)28-4/h5-6,9,11H,7-8,10H2,1-4H3/t11-/m1/s1. The third-order valence-corrected chi connectivity index (χ3v) is 5.00. The zero-order valence-corrected chi connectivity index (χ0v) is 16.4. The zero-order chi connectivity index (χ0) is 19.8. The van der Waals surface area contributed by atoms with Crippen molar-refractivity contribution >= 4 is 11.4 Å². The van der Waals surface area contributed by atoms with Crippen LogP contribution in [0.4, 0.5) is 0 Å². The van der Waals surface area contributed by atoms with Crippen molar-refractivity contribution in [2.75, 3.05) is 21.3 Å². The van der Waals surface area contributed by atoms with Crippen molar-refractivity contribution in [1.29, 1.82) is 0 Å². The quantitative estimate of drug-likeness (QED) is 0.670. The Hall–Kier alpha value is -3.00. The van der Waals surface area contributed by atoms with Gasteiger partial charge in [-0.1, -0.05) is 13.0 Å². The minimum Gasteiger partial charge on any atom is -0.493 e. The van der Waals surface area contributed by atoms with Gasteiger partial charge in [0, 0.05) is 13.5 Å². The lowest BCUT2D eigenvalue weighted by Crippen LogP contribution is -2.23. The number of ether oxygens (including phenoxy) is 3. The summed E-state index contributed by atoms with van der Waals surface area (Å²) in [7, 11) is 4.81. The zero-order valence-electron chi connectivity index (χ0n) is 16.4. The molecule has 0 saturated heterocycles. The molecule has 0 bridgehead atoms. The number of carbonyl (C=O) groups excluding carboxylic acids is 1. The van der Waals surface area contributed by atoms with Gasteiger partial charge in [-0.3, -0.25) is 4.79 Å². The number of hydrogen-bond donors (Lipinski definition) is 0. The molecule has 2 heterocycles. The number of Topliss-reactive ketones (excluding diaryl/α,β-unsaturated/α-hetero) is 1. The highest BCUT2D eigenvalue weighted by molar-refractivity contribution is 5.96. The molecular weight excluding hydrogens is 360 g/mol. The van der Waals surface area contributed by atoms with E-state index in [1.807, 2.05) is 18.2 Å². The van der Waals surface area contributed by atoms with E-state index in [2.05, 4.69) is 17.1 Å². The second kappa shape index (κ2) is 7.20. The van der Waals surface area contributed by atoms with E-state index in [1.54, 1.807) is 25.8 Å². The first-order chi connectivity index (χ1) is 13.6. The maximum Gasteiger partial charge on any atom is 0.185 e. The van der Waals surface area contributed by atoms with Crippen molar-refractivity contribution in [3.8, 4) is 22.6 Å². The molecule has 0 amide bonds. The van der Waals surface area contributed by atoms with E-state index in [1.165, 1.54) is 0 Å². The van der Waals surface area contributed by atoms with Gasteiger partial charge in [0.15, 0.2) is 28.6 Å². The molecule has 0 fully saturated rings. The van der Waals surface area contributed by atoms with Gasteiger partial charge in [0.1, 0.15) is 0 Å². The molecule has 0 aliphatic heterocycles. The normalized spacial score (nSPS) is 16.3. The first-order valence-electron chi connectivity index (χ1n) is 9.09. The van der Waals surface area contributed by atoms with Gasteiger partial charge in [0.05, 0.1) is 37.8 Å². The molecule has 0 radical (unpaired) electrons. The maximum atomic E-state index is 12.4. The SMILES string of the molecule is COCc1nn2c3c(nnc2c1-c1ccc(OC)c(OC)c1)C(=O)C[C@H](C)C3. The smallest absolute Gasteiger partial charge is 0.185 e. The number of benzene rings is 1. The third kappa shape index (κ3) is 2.90. The summed E-state index contributed by atoms with van der Waals surface area (Å²) < 4.78 is 17.9. The molecule has 1 aromatic carbocycles. The number of nitrogens with zero attached hydrogens (tertiary/aromatic N) is 4. The van der Waals surface area contributed by atoms with Gasteiger partial charge < -0.3 is 14.2 Å². The van der Waals surface area contributed by atoms with Crippen molar-refractivity contribution in [3.63, 3.8) is 0 Å². The third-order valence-electron chi connectivity index (χ3n) is 5.00. The Morgan fingerprint density at radius 3 is 2.61 bits per heavy atom. The van der Waals surface area contributed by atoms with E-state index in [4.69, 9.17) is 19.3 Å². The fraction of sp³-hybridized carbons (Fsp3) is 0.400. The van der Waals surface area contributed by atoms with Crippen LogP contribution < -0.4 is 9.47 Å². The van der Waals surface area contributed by atoms with E-state index in [0.717, 1.165) is 28.9 Å². The van der Waals surface area contributed by atoms with Crippen molar-refractivity contribution in [2.24, 2.45) is 5.92 Å². The highest BCUT2D eigenvalue weighted by Gasteiger charge is 2.29. The lowest BCUT2D eigenvalue weighted by molar-refractivity contribution is 0.0944. The lowest BCUT2D eigenvalue weighted by atomic mass is 9.90. The average Bonchev–Trinajstić information content (AvgIpc) is 3.06. The van der Waals surface area contributed by atoms with Crippen molar-refractivity contribution in [1.82, 2.24) is 19.8 Å². The minimum atomic E-state index is 0.0135. The molecule has 1 atom stereocenters. The largest absolute Gasteiger partial charge is 0.493 e. The van der Waals surface area contributed by atoms with Crippen molar-refractivity contribution in [2.45, 2.75) is 26.4 Å². The van der Waals surface area contributed by atoms with Crippen LogP contribution in [0.2, 0.25) is 0 Å². The molecular formula is C20H22N4O4. The fourth-order valence-electron chi connectivity index (χ4n) is 3.73. The molecule has 0 unspecified atom stereocenters. The summed E-state index contributed by atoms with van der Waals surface area (Å²) in [6, 6.07) is 5.64. The first kappa shape index (κ1) is 18.4. The number of fused-ring (bicyclic) bond motifs is 3. The molecule has 0 spiro atoms. The van der Waals surface area contributed by atoms with Crippen LogP contribution in [-0.2, 0) is 17.8 Å². The van der Waals surface area contributed by atoms with E-state index < -0.39 is 0 Å². The summed E-state index contributed by atoms with van der Waals surface area (Å²) in [5.41, 5.74) is 4.21. The van der Waals surface area contributed by atoms with Gasteiger partial charge in [0.2, 0.25) is 0 Å². The number of ketones is 1. The summed E-state index contributed by atoms with van der Waals surface area (Å²) in [5, 5.41) is 13.3. The molecule has 3 aromatic rings. The maximum absolute atomic E-state index is 12.4. The van der Waals surface area contributed by atoms with Crippen LogP contribution in [0.25, 0.3) is 16.8 Å². The van der Waals surface area contributed by atoms with Crippen LogP contribution in [0.1, 0.15) is 35.2 Å². The lowest BCUT2D eigenvalue weighted by Gasteiger charge is -2.19. The fourth-order valence-corrected chi connectivity index (χ4v) is 3.73. The highest BCUT2D eigenvalue weighted by Crippen LogP contribution is 2.36. The van der Waals surface area contributed by atoms with Gasteiger partial charge in [-0.25, -0.2) is 4.52 Å². The summed E-state index contributed by atoms with van der Waals surface area (Å²) >= 11 is 0. The van der Waals surface area contributed by atoms with E-state index >= 15 is 0 Å². The Morgan fingerprint density at radius 1 is 1.11 bits per heavy atom. The topological polar surface area (TPSA) is 87.8 Å². The van der Waals surface area contributed by atoms with Gasteiger partial charge in [-0.05, 0) is 30.0 Å². The van der Waals surface area contributed by atoms with Crippen LogP contribution in [0, 0.1) is 5.92 Å². The molecule has 1 aliphatic carbocycles. The van der Waals surface area contributed by atoms with Crippen LogP contribution in [-0.4, -0.2) is 46.9 Å². The van der Waals surface area contributed by atoms with Gasteiger partial charge >= 0.3 is 0 Å². The monoisotopic (exact) mass is 382 g/mol. The predicted molar refractivity (Wildman–Crippen MR) is 102 cm³/mol. The summed E-state index contributed by atoms with van der Waals surface area (Å²) in [6.45, 7) is 2.37. The Bertz CT molecular complexity index is 1060. The molecule has 8 heteroatoms. The molecule has 0 saturated carbocycles. The molecule has 146 valence electrons. The Kier molecular flexibility index (Phi) is 4.72. The van der Waals surface area contributed by atoms with Crippen molar-refractivity contribution < 1.29 is 19.0 Å². The molecule has 1 aliphatic rings. The molecule has 2 aromatic heterocycles. The van der Waals surface area contributed by atoms with Crippen LogP contribution in [0.5, 0.6) is 11.5 Å². The summed E-state index contributed by atoms with van der Waals surface area (Å²) in [6.07, 6.45) is 1.22. The molecule has 28 heavy (non-hydrogen) atoms. The highest BCUT2D eigenvalue weighted by atomic mass is 16.5. The number of methoxy groups -OCH3 is 3.